The zero-order valence-corrected chi connectivity index (χ0v) is 11.9. The van der Waals surface area contributed by atoms with Crippen LogP contribution in [0.15, 0.2) is 35.5 Å². The summed E-state index contributed by atoms with van der Waals surface area (Å²) in [6.45, 7) is 11.2. The minimum atomic E-state index is -0.0299. The maximum atomic E-state index is 11.5. The molecule has 0 bridgehead atoms. The largest absolute Gasteiger partial charge is 0.512 e. The molecule has 0 radical (unpaired) electrons. The summed E-state index contributed by atoms with van der Waals surface area (Å²) in [5, 5.41) is 9.44. The molecule has 0 aliphatic rings. The smallest absolute Gasteiger partial charge is 0.253 e. The van der Waals surface area contributed by atoms with Gasteiger partial charge in [-0.25, -0.2) is 0 Å². The van der Waals surface area contributed by atoms with Gasteiger partial charge in [0.05, 0.1) is 5.76 Å². The highest BCUT2D eigenvalue weighted by atomic mass is 16.3. The third-order valence-electron chi connectivity index (χ3n) is 2.27. The molecular weight excluding hydrogens is 226 g/mol. The van der Waals surface area contributed by atoms with E-state index >= 15 is 0 Å². The van der Waals surface area contributed by atoms with Gasteiger partial charge in [0.25, 0.3) is 5.56 Å². The highest BCUT2D eigenvalue weighted by Gasteiger charge is 2.05. The van der Waals surface area contributed by atoms with Crippen molar-refractivity contribution in [3.05, 3.63) is 52.2 Å². The van der Waals surface area contributed by atoms with Gasteiger partial charge in [0, 0.05) is 29.9 Å². The van der Waals surface area contributed by atoms with E-state index in [0.29, 0.717) is 11.1 Å². The number of aryl methyl sites for hydroxylation is 2. The van der Waals surface area contributed by atoms with Crippen molar-refractivity contribution in [2.45, 2.75) is 34.1 Å². The molecule has 1 aromatic rings. The fraction of sp³-hybridized carbons (Fsp3) is 0.400. The molecule has 0 saturated carbocycles. The molecule has 1 N–H and O–H groups in total. The van der Waals surface area contributed by atoms with Crippen LogP contribution in [0.25, 0.3) is 5.57 Å². The van der Waals surface area contributed by atoms with Crippen LogP contribution in [-0.2, 0) is 7.05 Å². The number of allylic oxidation sites excluding steroid dienone is 3. The summed E-state index contributed by atoms with van der Waals surface area (Å²) in [6.07, 6.45) is 4.51. The van der Waals surface area contributed by atoms with Gasteiger partial charge in [-0.05, 0) is 19.9 Å². The Kier molecular flexibility index (Phi) is 6.79. The number of pyridine rings is 1. The summed E-state index contributed by atoms with van der Waals surface area (Å²) < 4.78 is 1.50. The topological polar surface area (TPSA) is 42.2 Å². The molecule has 18 heavy (non-hydrogen) atoms. The van der Waals surface area contributed by atoms with Gasteiger partial charge in [0.1, 0.15) is 0 Å². The molecule has 0 atom stereocenters. The second-order valence-electron chi connectivity index (χ2n) is 4.24. The molecule has 0 spiro atoms. The molecule has 0 amide bonds. The van der Waals surface area contributed by atoms with Gasteiger partial charge < -0.3 is 9.67 Å². The molecule has 1 aromatic heterocycles. The highest BCUT2D eigenvalue weighted by Crippen LogP contribution is 2.17. The number of aliphatic hydroxyl groups excluding tert-OH is 1. The van der Waals surface area contributed by atoms with E-state index in [-0.39, 0.29) is 11.3 Å². The van der Waals surface area contributed by atoms with E-state index in [1.807, 2.05) is 0 Å². The number of rotatable bonds is 2. The Morgan fingerprint density at radius 3 is 2.33 bits per heavy atom. The lowest BCUT2D eigenvalue weighted by Gasteiger charge is -2.07. The Bertz CT molecular complexity index is 465. The predicted molar refractivity (Wildman–Crippen MR) is 77.8 cm³/mol. The fourth-order valence-electron chi connectivity index (χ4n) is 1.50. The third kappa shape index (κ3) is 4.24. The number of hydrogen-bond donors (Lipinski definition) is 1. The average molecular weight is 249 g/mol. The van der Waals surface area contributed by atoms with Crippen molar-refractivity contribution in [2.24, 2.45) is 7.05 Å². The summed E-state index contributed by atoms with van der Waals surface area (Å²) >= 11 is 0. The van der Waals surface area contributed by atoms with Crippen LogP contribution >= 0.6 is 0 Å². The maximum Gasteiger partial charge on any atom is 0.253 e. The van der Waals surface area contributed by atoms with Crippen LogP contribution in [0.3, 0.4) is 0 Å². The van der Waals surface area contributed by atoms with Gasteiger partial charge in [-0.3, -0.25) is 4.79 Å². The summed E-state index contributed by atoms with van der Waals surface area (Å²) in [6, 6.07) is 1.75. The van der Waals surface area contributed by atoms with Crippen molar-refractivity contribution in [3.63, 3.8) is 0 Å². The van der Waals surface area contributed by atoms with Crippen LogP contribution in [0.1, 0.15) is 38.3 Å². The van der Waals surface area contributed by atoms with Crippen molar-refractivity contribution >= 4 is 5.57 Å². The van der Waals surface area contributed by atoms with Gasteiger partial charge in [0.15, 0.2) is 0 Å². The highest BCUT2D eigenvalue weighted by molar-refractivity contribution is 5.74. The second-order valence-corrected chi connectivity index (χ2v) is 4.24. The second kappa shape index (κ2) is 7.54. The lowest BCUT2D eigenvalue weighted by atomic mass is 10.1. The Labute approximate surface area is 109 Å². The average Bonchev–Trinajstić information content (AvgIpc) is 2.27. The van der Waals surface area contributed by atoms with E-state index in [0.717, 1.165) is 5.56 Å². The van der Waals surface area contributed by atoms with E-state index in [4.69, 9.17) is 0 Å². The van der Waals surface area contributed by atoms with E-state index in [1.165, 1.54) is 11.0 Å². The number of aromatic nitrogens is 1. The Hall–Kier alpha value is -1.77. The van der Waals surface area contributed by atoms with Crippen LogP contribution in [-0.4, -0.2) is 9.67 Å². The van der Waals surface area contributed by atoms with Gasteiger partial charge in [-0.1, -0.05) is 32.9 Å². The van der Waals surface area contributed by atoms with Gasteiger partial charge >= 0.3 is 0 Å². The number of nitrogens with zero attached hydrogens (tertiary/aromatic N) is 1. The molecular formula is C15H23NO2. The minimum absolute atomic E-state index is 0.0299. The monoisotopic (exact) mass is 249 g/mol. The molecule has 0 aliphatic carbocycles. The van der Waals surface area contributed by atoms with Gasteiger partial charge in [-0.2, -0.15) is 0 Å². The first-order valence-electron chi connectivity index (χ1n) is 6.08. The van der Waals surface area contributed by atoms with Gasteiger partial charge in [-0.15, -0.1) is 0 Å². The van der Waals surface area contributed by atoms with Crippen molar-refractivity contribution in [2.75, 3.05) is 0 Å². The maximum absolute atomic E-state index is 11.5. The number of hydrogen-bond acceptors (Lipinski definition) is 2. The molecule has 3 heteroatoms. The lowest BCUT2D eigenvalue weighted by Crippen LogP contribution is -2.19. The fourth-order valence-corrected chi connectivity index (χ4v) is 1.50. The van der Waals surface area contributed by atoms with Crippen LogP contribution in [0.5, 0.6) is 0 Å². The van der Waals surface area contributed by atoms with E-state index < -0.39 is 0 Å². The Morgan fingerprint density at radius 2 is 2.00 bits per heavy atom. The first-order valence-corrected chi connectivity index (χ1v) is 6.08. The van der Waals surface area contributed by atoms with Crippen molar-refractivity contribution in [1.29, 1.82) is 0 Å². The summed E-state index contributed by atoms with van der Waals surface area (Å²) in [4.78, 5) is 11.5. The molecule has 0 fully saturated rings. The van der Waals surface area contributed by atoms with E-state index in [2.05, 4.69) is 20.4 Å². The normalized spacial score (nSPS) is 11.2. The SMILES string of the molecule is C=C/C(=C(\C)O)c1cc(C)c(=O)n(C)c1.CCC. The predicted octanol–water partition coefficient (Wildman–Crippen LogP) is 3.59. The van der Waals surface area contributed by atoms with Gasteiger partial charge in [0.2, 0.25) is 0 Å². The quantitative estimate of drug-likeness (QED) is 0.643. The van der Waals surface area contributed by atoms with Crippen LogP contribution < -0.4 is 5.56 Å². The molecule has 0 unspecified atom stereocenters. The molecule has 100 valence electrons. The van der Waals surface area contributed by atoms with Crippen LogP contribution in [0, 0.1) is 6.92 Å². The number of aliphatic hydroxyl groups is 1. The molecule has 0 aliphatic heterocycles. The van der Waals surface area contributed by atoms with E-state index in [1.54, 1.807) is 39.2 Å². The lowest BCUT2D eigenvalue weighted by molar-refractivity contribution is 0.417. The first kappa shape index (κ1) is 16.2. The summed E-state index contributed by atoms with van der Waals surface area (Å²) in [7, 11) is 1.69. The van der Waals surface area contributed by atoms with Crippen molar-refractivity contribution < 1.29 is 5.11 Å². The standard InChI is InChI=1S/C12H15NO2.C3H8/c1-5-11(9(3)14)10-6-8(2)12(15)13(4)7-10;1-3-2/h5-7,14H,1H2,2-4H3;3H2,1-2H3/b11-9-;. The first-order chi connectivity index (χ1) is 8.38. The van der Waals surface area contributed by atoms with Crippen LogP contribution in [0.2, 0.25) is 0 Å². The van der Waals surface area contributed by atoms with E-state index in [9.17, 15) is 9.90 Å². The third-order valence-corrected chi connectivity index (χ3v) is 2.27. The molecule has 0 saturated heterocycles. The zero-order valence-electron chi connectivity index (χ0n) is 11.9. The molecule has 1 rings (SSSR count). The van der Waals surface area contributed by atoms with Crippen molar-refractivity contribution in [3.8, 4) is 0 Å². The molecule has 3 nitrogen and oxygen atoms in total. The molecule has 1 heterocycles. The summed E-state index contributed by atoms with van der Waals surface area (Å²) in [5.41, 5.74) is 2.06. The minimum Gasteiger partial charge on any atom is -0.512 e. The zero-order chi connectivity index (χ0) is 14.3. The Morgan fingerprint density at radius 1 is 1.50 bits per heavy atom. The van der Waals surface area contributed by atoms with Crippen molar-refractivity contribution in [1.82, 2.24) is 4.57 Å². The molecule has 0 aromatic carbocycles. The van der Waals surface area contributed by atoms with Crippen LogP contribution in [0.4, 0.5) is 0 Å². The Balaban J connectivity index is 0.000000873. The summed E-state index contributed by atoms with van der Waals surface area (Å²) in [5.74, 6) is 0.197.